The molecule has 1 aliphatic rings. The van der Waals surface area contributed by atoms with Crippen molar-refractivity contribution in [1.29, 1.82) is 0 Å². The van der Waals surface area contributed by atoms with Gasteiger partial charge in [0.25, 0.3) is 0 Å². The second-order valence-electron chi connectivity index (χ2n) is 7.42. The summed E-state index contributed by atoms with van der Waals surface area (Å²) in [4.78, 5) is 0. The molecule has 0 aromatic heterocycles. The Morgan fingerprint density at radius 2 is 1.08 bits per heavy atom. The second-order valence-corrected chi connectivity index (χ2v) is 11.5. The van der Waals surface area contributed by atoms with Gasteiger partial charge < -0.3 is 0 Å². The van der Waals surface area contributed by atoms with Crippen molar-refractivity contribution in [3.63, 3.8) is 0 Å². The zero-order chi connectivity index (χ0) is 18.3. The van der Waals surface area contributed by atoms with Crippen molar-refractivity contribution in [1.82, 2.24) is 0 Å². The zero-order valence-corrected chi connectivity index (χ0v) is 16.4. The molecule has 4 rings (SSSR count). The Bertz CT molecular complexity index is 783. The second kappa shape index (κ2) is 6.48. The quantitative estimate of drug-likeness (QED) is 0.414. The van der Waals surface area contributed by atoms with Crippen molar-refractivity contribution in [3.05, 3.63) is 91.0 Å². The fourth-order valence-corrected chi connectivity index (χ4v) is 9.26. The van der Waals surface area contributed by atoms with Crippen molar-refractivity contribution >= 4 is 34.8 Å². The Morgan fingerprint density at radius 3 is 1.35 bits per heavy atom. The Morgan fingerprint density at radius 1 is 0.769 bits per heavy atom. The van der Waals surface area contributed by atoms with Crippen molar-refractivity contribution in [2.24, 2.45) is 5.41 Å². The lowest BCUT2D eigenvalue weighted by molar-refractivity contribution is 0.353. The molecule has 132 valence electrons. The first-order chi connectivity index (χ1) is 12.5. The van der Waals surface area contributed by atoms with Gasteiger partial charge in [-0.3, -0.25) is 0 Å². The van der Waals surface area contributed by atoms with Crippen molar-refractivity contribution in [2.45, 2.75) is 18.5 Å². The molecular formula is C23H22ClFP+. The van der Waals surface area contributed by atoms with E-state index in [1.54, 1.807) is 0 Å². The molecule has 0 N–H and O–H groups in total. The lowest BCUT2D eigenvalue weighted by Crippen LogP contribution is -2.36. The molecule has 0 amide bonds. The molecule has 0 heterocycles. The molecule has 0 radical (unpaired) electrons. The maximum atomic E-state index is 14.7. The van der Waals surface area contributed by atoms with Crippen LogP contribution in [0.5, 0.6) is 0 Å². The van der Waals surface area contributed by atoms with Gasteiger partial charge >= 0.3 is 0 Å². The topological polar surface area (TPSA) is 0 Å². The zero-order valence-electron chi connectivity index (χ0n) is 14.8. The predicted octanol–water partition coefficient (Wildman–Crippen LogP) is 5.30. The third-order valence-electron chi connectivity index (χ3n) is 5.55. The van der Waals surface area contributed by atoms with Gasteiger partial charge in [-0.1, -0.05) is 73.1 Å². The Hall–Kier alpha value is -1.69. The first-order valence-corrected chi connectivity index (χ1v) is 11.3. The van der Waals surface area contributed by atoms with E-state index in [2.05, 4.69) is 72.8 Å². The lowest BCUT2D eigenvalue weighted by atomic mass is 10.2. The smallest absolute Gasteiger partial charge is 0.193 e. The van der Waals surface area contributed by atoms with Gasteiger partial charge in [0.05, 0.1) is 11.6 Å². The van der Waals surface area contributed by atoms with Crippen LogP contribution in [-0.2, 0) is 0 Å². The van der Waals surface area contributed by atoms with Gasteiger partial charge in [-0.05, 0) is 36.4 Å². The number of rotatable bonds is 5. The SMILES string of the molecule is CC1(C[P+](c2ccccc2)(c2ccccc2)c2ccccc2)CC1(F)Cl. The monoisotopic (exact) mass is 383 g/mol. The van der Waals surface area contributed by atoms with Crippen LogP contribution >= 0.6 is 18.9 Å². The summed E-state index contributed by atoms with van der Waals surface area (Å²) in [6, 6.07) is 31.7. The van der Waals surface area contributed by atoms with E-state index < -0.39 is 17.8 Å². The van der Waals surface area contributed by atoms with Crippen LogP contribution in [0.1, 0.15) is 13.3 Å². The molecule has 2 unspecified atom stereocenters. The highest BCUT2D eigenvalue weighted by atomic mass is 35.5. The molecule has 1 fully saturated rings. The van der Waals surface area contributed by atoms with Crippen molar-refractivity contribution in [2.75, 3.05) is 6.16 Å². The van der Waals surface area contributed by atoms with Crippen molar-refractivity contribution < 1.29 is 4.39 Å². The summed E-state index contributed by atoms with van der Waals surface area (Å²) in [5.41, 5.74) is -0.510. The first-order valence-electron chi connectivity index (χ1n) is 8.91. The number of alkyl halides is 2. The van der Waals surface area contributed by atoms with E-state index >= 15 is 0 Å². The summed E-state index contributed by atoms with van der Waals surface area (Å²) in [5.74, 6) is 0. The standard InChI is InChI=1S/C23H22ClFP/c1-22(17-23(22,24)25)18-26(19-11-5-2-6-12-19,20-13-7-3-8-14-20)21-15-9-4-10-16-21/h2-16H,17-18H2,1H3/q+1. The maximum Gasteiger partial charge on any atom is 0.193 e. The molecule has 3 aromatic carbocycles. The molecule has 0 saturated heterocycles. The van der Waals surface area contributed by atoms with E-state index in [0.717, 1.165) is 6.16 Å². The third-order valence-corrected chi connectivity index (χ3v) is 10.8. The van der Waals surface area contributed by atoms with E-state index in [-0.39, 0.29) is 0 Å². The Balaban J connectivity index is 1.98. The van der Waals surface area contributed by atoms with E-state index in [1.807, 2.05) is 25.1 Å². The summed E-state index contributed by atoms with van der Waals surface area (Å²) in [6.45, 7) is 1.99. The highest BCUT2D eigenvalue weighted by Gasteiger charge is 2.70. The molecular weight excluding hydrogens is 362 g/mol. The number of benzene rings is 3. The molecule has 3 heteroatoms. The highest BCUT2D eigenvalue weighted by molar-refractivity contribution is 7.95. The van der Waals surface area contributed by atoms with Crippen LogP contribution in [0.2, 0.25) is 0 Å². The summed E-state index contributed by atoms with van der Waals surface area (Å²) >= 11 is 6.17. The van der Waals surface area contributed by atoms with Crippen LogP contribution < -0.4 is 15.9 Å². The minimum atomic E-state index is -2.02. The molecule has 0 nitrogen and oxygen atoms in total. The molecule has 0 bridgehead atoms. The van der Waals surface area contributed by atoms with Gasteiger partial charge in [0, 0.05) is 6.42 Å². The lowest BCUT2D eigenvalue weighted by Gasteiger charge is -2.30. The van der Waals surface area contributed by atoms with Gasteiger partial charge in [0.2, 0.25) is 0 Å². The minimum absolute atomic E-state index is 0.413. The average Bonchev–Trinajstić information content (AvgIpc) is 3.19. The molecule has 1 aliphatic carbocycles. The van der Waals surface area contributed by atoms with Crippen LogP contribution in [0.15, 0.2) is 91.0 Å². The molecule has 1 saturated carbocycles. The third kappa shape index (κ3) is 2.88. The Kier molecular flexibility index (Phi) is 4.41. The summed E-state index contributed by atoms with van der Waals surface area (Å²) in [7, 11) is -2.02. The fourth-order valence-electron chi connectivity index (χ4n) is 3.91. The van der Waals surface area contributed by atoms with Gasteiger partial charge in [-0.2, -0.15) is 0 Å². The Labute approximate surface area is 160 Å². The van der Waals surface area contributed by atoms with Gasteiger partial charge in [0.1, 0.15) is 23.2 Å². The fraction of sp³-hybridized carbons (Fsp3) is 0.217. The summed E-state index contributed by atoms with van der Waals surface area (Å²) in [6.07, 6.45) is 1.15. The minimum Gasteiger partial charge on any atom is -0.226 e. The van der Waals surface area contributed by atoms with Crippen LogP contribution in [-0.4, -0.2) is 11.3 Å². The van der Waals surface area contributed by atoms with Gasteiger partial charge in [0.15, 0.2) is 5.13 Å². The molecule has 3 aromatic rings. The average molecular weight is 384 g/mol. The predicted molar refractivity (Wildman–Crippen MR) is 112 cm³/mol. The van der Waals surface area contributed by atoms with Crippen LogP contribution in [0, 0.1) is 5.41 Å². The van der Waals surface area contributed by atoms with E-state index in [9.17, 15) is 4.39 Å². The maximum absolute atomic E-state index is 14.7. The molecule has 2 atom stereocenters. The van der Waals surface area contributed by atoms with Crippen LogP contribution in [0.25, 0.3) is 0 Å². The molecule has 26 heavy (non-hydrogen) atoms. The van der Waals surface area contributed by atoms with Gasteiger partial charge in [-0.25, -0.2) is 4.39 Å². The first kappa shape index (κ1) is 17.7. The summed E-state index contributed by atoms with van der Waals surface area (Å²) in [5, 5.41) is 2.23. The van der Waals surface area contributed by atoms with Crippen molar-refractivity contribution in [3.8, 4) is 0 Å². The summed E-state index contributed by atoms with van der Waals surface area (Å²) < 4.78 is 14.7. The van der Waals surface area contributed by atoms with E-state index in [4.69, 9.17) is 11.6 Å². The molecule has 0 spiro atoms. The molecule has 0 aliphatic heterocycles. The number of hydrogen-bond acceptors (Lipinski definition) is 0. The van der Waals surface area contributed by atoms with Gasteiger partial charge in [-0.15, -0.1) is 0 Å². The largest absolute Gasteiger partial charge is 0.226 e. The number of halogens is 2. The van der Waals surface area contributed by atoms with E-state index in [1.165, 1.54) is 15.9 Å². The van der Waals surface area contributed by atoms with Crippen LogP contribution in [0.4, 0.5) is 4.39 Å². The normalized spacial score (nSPS) is 25.0. The highest BCUT2D eigenvalue weighted by Crippen LogP contribution is 2.71. The van der Waals surface area contributed by atoms with Crippen LogP contribution in [0.3, 0.4) is 0 Å². The van der Waals surface area contributed by atoms with E-state index in [0.29, 0.717) is 6.42 Å². The number of hydrogen-bond donors (Lipinski definition) is 0.